The van der Waals surface area contributed by atoms with Crippen molar-refractivity contribution in [2.75, 3.05) is 18.5 Å². The SMILES string of the molecule is NC(=O)OCCNc1ccnc2cc(Cl)ccc12. The third-order valence-electron chi connectivity index (χ3n) is 2.37. The lowest BCUT2D eigenvalue weighted by atomic mass is 10.2. The number of ether oxygens (including phenoxy) is 1. The Bertz CT molecular complexity index is 574. The number of nitrogens with one attached hydrogen (secondary N) is 1. The van der Waals surface area contributed by atoms with Gasteiger partial charge in [-0.05, 0) is 24.3 Å². The molecule has 0 fully saturated rings. The van der Waals surface area contributed by atoms with Gasteiger partial charge in [0.05, 0.1) is 5.52 Å². The van der Waals surface area contributed by atoms with Crippen LogP contribution in [0.4, 0.5) is 10.5 Å². The molecule has 5 nitrogen and oxygen atoms in total. The van der Waals surface area contributed by atoms with E-state index in [1.807, 2.05) is 12.1 Å². The molecule has 0 aliphatic carbocycles. The smallest absolute Gasteiger partial charge is 0.404 e. The van der Waals surface area contributed by atoms with Gasteiger partial charge in [-0.2, -0.15) is 0 Å². The maximum atomic E-state index is 10.4. The largest absolute Gasteiger partial charge is 0.448 e. The molecule has 2 rings (SSSR count). The summed E-state index contributed by atoms with van der Waals surface area (Å²) < 4.78 is 4.63. The summed E-state index contributed by atoms with van der Waals surface area (Å²) in [7, 11) is 0. The maximum Gasteiger partial charge on any atom is 0.404 e. The van der Waals surface area contributed by atoms with Crippen LogP contribution in [0.1, 0.15) is 0 Å². The van der Waals surface area contributed by atoms with Crippen LogP contribution in [0.5, 0.6) is 0 Å². The van der Waals surface area contributed by atoms with Gasteiger partial charge < -0.3 is 15.8 Å². The molecule has 1 heterocycles. The van der Waals surface area contributed by atoms with E-state index in [1.165, 1.54) is 0 Å². The lowest BCUT2D eigenvalue weighted by Crippen LogP contribution is -2.18. The van der Waals surface area contributed by atoms with E-state index in [-0.39, 0.29) is 6.61 Å². The number of nitrogens with zero attached hydrogens (tertiary/aromatic N) is 1. The van der Waals surface area contributed by atoms with Gasteiger partial charge in [0.25, 0.3) is 0 Å². The molecule has 18 heavy (non-hydrogen) atoms. The van der Waals surface area contributed by atoms with Gasteiger partial charge >= 0.3 is 6.09 Å². The second-order valence-electron chi connectivity index (χ2n) is 3.61. The fraction of sp³-hybridized carbons (Fsp3) is 0.167. The molecule has 0 bridgehead atoms. The Labute approximate surface area is 109 Å². The number of fused-ring (bicyclic) bond motifs is 1. The highest BCUT2D eigenvalue weighted by atomic mass is 35.5. The molecule has 94 valence electrons. The molecular weight excluding hydrogens is 254 g/mol. The van der Waals surface area contributed by atoms with Gasteiger partial charge in [0.2, 0.25) is 0 Å². The molecule has 1 aromatic carbocycles. The fourth-order valence-corrected chi connectivity index (χ4v) is 1.78. The van der Waals surface area contributed by atoms with Crippen molar-refractivity contribution < 1.29 is 9.53 Å². The number of benzene rings is 1. The van der Waals surface area contributed by atoms with Crippen molar-refractivity contribution in [3.05, 3.63) is 35.5 Å². The van der Waals surface area contributed by atoms with Crippen molar-refractivity contribution in [1.82, 2.24) is 4.98 Å². The number of hydrogen-bond acceptors (Lipinski definition) is 4. The van der Waals surface area contributed by atoms with Crippen molar-refractivity contribution in [2.24, 2.45) is 5.73 Å². The normalized spacial score (nSPS) is 10.3. The summed E-state index contributed by atoms with van der Waals surface area (Å²) in [5.41, 5.74) is 6.58. The molecule has 1 amide bonds. The lowest BCUT2D eigenvalue weighted by Gasteiger charge is -2.09. The lowest BCUT2D eigenvalue weighted by molar-refractivity contribution is 0.161. The van der Waals surface area contributed by atoms with Crippen LogP contribution in [-0.2, 0) is 4.74 Å². The van der Waals surface area contributed by atoms with E-state index in [1.54, 1.807) is 18.3 Å². The third kappa shape index (κ3) is 3.01. The van der Waals surface area contributed by atoms with Crippen LogP contribution in [0.15, 0.2) is 30.5 Å². The van der Waals surface area contributed by atoms with Crippen LogP contribution in [-0.4, -0.2) is 24.2 Å². The zero-order chi connectivity index (χ0) is 13.0. The highest BCUT2D eigenvalue weighted by Crippen LogP contribution is 2.23. The summed E-state index contributed by atoms with van der Waals surface area (Å²) in [4.78, 5) is 14.6. The van der Waals surface area contributed by atoms with Gasteiger partial charge in [-0.15, -0.1) is 0 Å². The van der Waals surface area contributed by atoms with Crippen LogP contribution in [0, 0.1) is 0 Å². The summed E-state index contributed by atoms with van der Waals surface area (Å²) >= 11 is 5.90. The summed E-state index contributed by atoms with van der Waals surface area (Å²) in [6.07, 6.45) is 0.916. The predicted octanol–water partition coefficient (Wildman–Crippen LogP) is 2.40. The van der Waals surface area contributed by atoms with E-state index in [4.69, 9.17) is 17.3 Å². The topological polar surface area (TPSA) is 77.2 Å². The van der Waals surface area contributed by atoms with E-state index in [0.717, 1.165) is 16.6 Å². The maximum absolute atomic E-state index is 10.4. The van der Waals surface area contributed by atoms with Crippen LogP contribution < -0.4 is 11.1 Å². The fourth-order valence-electron chi connectivity index (χ4n) is 1.61. The summed E-state index contributed by atoms with van der Waals surface area (Å²) in [5, 5.41) is 4.75. The van der Waals surface area contributed by atoms with E-state index in [2.05, 4.69) is 15.0 Å². The van der Waals surface area contributed by atoms with Crippen LogP contribution >= 0.6 is 11.6 Å². The zero-order valence-corrected chi connectivity index (χ0v) is 10.3. The van der Waals surface area contributed by atoms with E-state index in [0.29, 0.717) is 11.6 Å². The van der Waals surface area contributed by atoms with E-state index < -0.39 is 6.09 Å². The van der Waals surface area contributed by atoms with Crippen molar-refractivity contribution >= 4 is 34.3 Å². The number of carbonyl (C=O) groups is 1. The molecule has 0 spiro atoms. The van der Waals surface area contributed by atoms with Crippen molar-refractivity contribution in [2.45, 2.75) is 0 Å². The Morgan fingerprint density at radius 1 is 1.44 bits per heavy atom. The first-order valence-corrected chi connectivity index (χ1v) is 5.75. The average molecular weight is 266 g/mol. The van der Waals surface area contributed by atoms with Crippen molar-refractivity contribution in [1.29, 1.82) is 0 Å². The Morgan fingerprint density at radius 3 is 3.06 bits per heavy atom. The monoisotopic (exact) mass is 265 g/mol. The summed E-state index contributed by atoms with van der Waals surface area (Å²) in [6.45, 7) is 0.692. The second kappa shape index (κ2) is 5.55. The van der Waals surface area contributed by atoms with Gasteiger partial charge in [0, 0.05) is 28.8 Å². The Morgan fingerprint density at radius 2 is 2.28 bits per heavy atom. The summed E-state index contributed by atoms with van der Waals surface area (Å²) in [6, 6.07) is 7.33. The average Bonchev–Trinajstić information content (AvgIpc) is 2.34. The van der Waals surface area contributed by atoms with Gasteiger partial charge in [-0.3, -0.25) is 4.98 Å². The number of primary amides is 1. The molecule has 0 unspecified atom stereocenters. The molecule has 1 aromatic heterocycles. The number of halogens is 1. The van der Waals surface area contributed by atoms with Crippen LogP contribution in [0.2, 0.25) is 5.02 Å². The molecule has 0 radical (unpaired) electrons. The van der Waals surface area contributed by atoms with Gasteiger partial charge in [-0.1, -0.05) is 11.6 Å². The molecule has 0 saturated carbocycles. The first-order valence-electron chi connectivity index (χ1n) is 5.37. The molecule has 3 N–H and O–H groups in total. The number of nitrogens with two attached hydrogens (primary N) is 1. The minimum atomic E-state index is -0.775. The molecule has 0 aliphatic heterocycles. The number of anilines is 1. The van der Waals surface area contributed by atoms with Gasteiger partial charge in [0.1, 0.15) is 6.61 Å². The Kier molecular flexibility index (Phi) is 3.84. The molecule has 6 heteroatoms. The first-order chi connectivity index (χ1) is 8.66. The number of aromatic nitrogens is 1. The number of rotatable bonds is 4. The molecule has 0 atom stereocenters. The predicted molar refractivity (Wildman–Crippen MR) is 70.8 cm³/mol. The highest BCUT2D eigenvalue weighted by Gasteiger charge is 2.02. The Hall–Kier alpha value is -2.01. The van der Waals surface area contributed by atoms with Gasteiger partial charge in [0.15, 0.2) is 0 Å². The first kappa shape index (κ1) is 12.4. The molecular formula is C12H12ClN3O2. The highest BCUT2D eigenvalue weighted by molar-refractivity contribution is 6.31. The van der Waals surface area contributed by atoms with E-state index in [9.17, 15) is 4.79 Å². The molecule has 0 aliphatic rings. The standard InChI is InChI=1S/C12H12ClN3O2/c13-8-1-2-9-10(3-4-15-11(9)7-8)16-5-6-18-12(14)17/h1-4,7H,5-6H2,(H2,14,17)(H,15,16). The number of carbonyl (C=O) groups excluding carboxylic acids is 1. The quantitative estimate of drug-likeness (QED) is 0.832. The number of amides is 1. The van der Waals surface area contributed by atoms with Crippen molar-refractivity contribution in [3.8, 4) is 0 Å². The van der Waals surface area contributed by atoms with Crippen molar-refractivity contribution in [3.63, 3.8) is 0 Å². The second-order valence-corrected chi connectivity index (χ2v) is 4.05. The minimum Gasteiger partial charge on any atom is -0.448 e. The van der Waals surface area contributed by atoms with Gasteiger partial charge in [-0.25, -0.2) is 4.79 Å². The van der Waals surface area contributed by atoms with E-state index >= 15 is 0 Å². The number of hydrogen-bond donors (Lipinski definition) is 2. The minimum absolute atomic E-state index is 0.215. The molecule has 2 aromatic rings. The van der Waals surface area contributed by atoms with Crippen LogP contribution in [0.25, 0.3) is 10.9 Å². The Balaban J connectivity index is 2.11. The summed E-state index contributed by atoms with van der Waals surface area (Å²) in [5.74, 6) is 0. The third-order valence-corrected chi connectivity index (χ3v) is 2.60. The number of pyridine rings is 1. The zero-order valence-electron chi connectivity index (χ0n) is 9.52. The van der Waals surface area contributed by atoms with Crippen LogP contribution in [0.3, 0.4) is 0 Å². The molecule has 0 saturated heterocycles.